The maximum absolute atomic E-state index is 13.4. The van der Waals surface area contributed by atoms with E-state index in [1.54, 1.807) is 0 Å². The molecule has 0 heterocycles. The fraction of sp³-hybridized carbons (Fsp3) is 0.350. The van der Waals surface area contributed by atoms with E-state index in [4.69, 9.17) is 0 Å². The van der Waals surface area contributed by atoms with Crippen molar-refractivity contribution in [2.24, 2.45) is 0 Å². The third-order valence-corrected chi connectivity index (χ3v) is 4.06. The number of carbonyl (C=O) groups is 1. The van der Waals surface area contributed by atoms with Gasteiger partial charge in [0.25, 0.3) is 0 Å². The molecule has 0 aliphatic heterocycles. The number of rotatable bonds is 3. The van der Waals surface area contributed by atoms with Gasteiger partial charge in [0.05, 0.1) is 5.56 Å². The van der Waals surface area contributed by atoms with Crippen LogP contribution in [0.1, 0.15) is 43.0 Å². The van der Waals surface area contributed by atoms with Crippen molar-refractivity contribution in [2.45, 2.75) is 45.8 Å². The van der Waals surface area contributed by atoms with Crippen LogP contribution in [0.15, 0.2) is 36.4 Å². The highest BCUT2D eigenvalue weighted by Crippen LogP contribution is 2.32. The van der Waals surface area contributed by atoms with E-state index >= 15 is 0 Å². The summed E-state index contributed by atoms with van der Waals surface area (Å²) in [5.41, 5.74) is 1.17. The lowest BCUT2D eigenvalue weighted by molar-refractivity contribution is -0.137. The standard InChI is InChI=1S/C20H22F4N2O/c1-12-6-5-7-16(19(2,3)4)17(12)26-18(27)25-11-13-8-14(20(22,23)24)10-15(21)9-13/h5-10H,11H2,1-4H3,(H2,25,26,27). The number of anilines is 1. The average Bonchev–Trinajstić information content (AvgIpc) is 2.52. The van der Waals surface area contributed by atoms with Gasteiger partial charge in [-0.15, -0.1) is 0 Å². The molecule has 2 aromatic carbocycles. The Balaban J connectivity index is 2.14. The van der Waals surface area contributed by atoms with Crippen molar-refractivity contribution >= 4 is 11.7 Å². The number of aryl methyl sites for hydroxylation is 1. The summed E-state index contributed by atoms with van der Waals surface area (Å²) >= 11 is 0. The number of nitrogens with one attached hydrogen (secondary N) is 2. The van der Waals surface area contributed by atoms with Gasteiger partial charge >= 0.3 is 12.2 Å². The minimum atomic E-state index is -4.65. The van der Waals surface area contributed by atoms with Crippen molar-refractivity contribution < 1.29 is 22.4 Å². The summed E-state index contributed by atoms with van der Waals surface area (Å²) in [5, 5.41) is 5.22. The summed E-state index contributed by atoms with van der Waals surface area (Å²) in [7, 11) is 0. The second-order valence-corrected chi connectivity index (χ2v) is 7.40. The Morgan fingerprint density at radius 1 is 1.07 bits per heavy atom. The Morgan fingerprint density at radius 2 is 1.74 bits per heavy atom. The molecule has 2 amide bonds. The fourth-order valence-corrected chi connectivity index (χ4v) is 2.71. The molecule has 0 fully saturated rings. The topological polar surface area (TPSA) is 41.1 Å². The van der Waals surface area contributed by atoms with Gasteiger partial charge in [-0.2, -0.15) is 13.2 Å². The zero-order valence-corrected chi connectivity index (χ0v) is 15.6. The zero-order chi connectivity index (χ0) is 20.4. The largest absolute Gasteiger partial charge is 0.416 e. The van der Waals surface area contributed by atoms with Gasteiger partial charge in [-0.1, -0.05) is 39.0 Å². The van der Waals surface area contributed by atoms with E-state index in [2.05, 4.69) is 10.6 Å². The Morgan fingerprint density at radius 3 is 2.33 bits per heavy atom. The number of hydrogen-bond acceptors (Lipinski definition) is 1. The number of amides is 2. The van der Waals surface area contributed by atoms with Gasteiger partial charge < -0.3 is 10.6 Å². The molecular formula is C20H22F4N2O. The first-order chi connectivity index (χ1) is 12.4. The van der Waals surface area contributed by atoms with E-state index in [1.807, 2.05) is 45.9 Å². The molecule has 0 atom stereocenters. The Hall–Kier alpha value is -2.57. The van der Waals surface area contributed by atoms with Crippen LogP contribution in [0.5, 0.6) is 0 Å². The second-order valence-electron chi connectivity index (χ2n) is 7.40. The molecule has 2 rings (SSSR count). The SMILES string of the molecule is Cc1cccc(C(C)(C)C)c1NC(=O)NCc1cc(F)cc(C(F)(F)F)c1. The summed E-state index contributed by atoms with van der Waals surface area (Å²) in [6.07, 6.45) is -4.65. The van der Waals surface area contributed by atoms with Crippen molar-refractivity contribution in [1.82, 2.24) is 5.32 Å². The van der Waals surface area contributed by atoms with Gasteiger partial charge in [-0.05, 0) is 47.2 Å². The number of alkyl halides is 3. The van der Waals surface area contributed by atoms with Gasteiger partial charge in [0.15, 0.2) is 0 Å². The maximum Gasteiger partial charge on any atom is 0.416 e. The van der Waals surface area contributed by atoms with E-state index in [0.29, 0.717) is 11.8 Å². The van der Waals surface area contributed by atoms with Crippen LogP contribution in [0.3, 0.4) is 0 Å². The van der Waals surface area contributed by atoms with Gasteiger partial charge in [0.1, 0.15) is 5.82 Å². The molecule has 2 N–H and O–H groups in total. The van der Waals surface area contributed by atoms with Crippen LogP contribution in [0, 0.1) is 12.7 Å². The molecule has 3 nitrogen and oxygen atoms in total. The predicted molar refractivity (Wildman–Crippen MR) is 97.1 cm³/mol. The molecule has 0 aliphatic carbocycles. The van der Waals surface area contributed by atoms with E-state index in [9.17, 15) is 22.4 Å². The van der Waals surface area contributed by atoms with Crippen LogP contribution in [0.2, 0.25) is 0 Å². The summed E-state index contributed by atoms with van der Waals surface area (Å²) in [5.74, 6) is -1.00. The number of benzene rings is 2. The number of hydrogen-bond donors (Lipinski definition) is 2. The van der Waals surface area contributed by atoms with Gasteiger partial charge in [0.2, 0.25) is 0 Å². The summed E-state index contributed by atoms with van der Waals surface area (Å²) in [6.45, 7) is 7.65. The number of carbonyl (C=O) groups excluding carboxylic acids is 1. The highest BCUT2D eigenvalue weighted by atomic mass is 19.4. The normalized spacial score (nSPS) is 12.0. The van der Waals surface area contributed by atoms with E-state index in [-0.39, 0.29) is 17.5 Å². The number of halogens is 4. The molecule has 0 saturated carbocycles. The quantitative estimate of drug-likeness (QED) is 0.650. The molecule has 0 bridgehead atoms. The van der Waals surface area contributed by atoms with Crippen LogP contribution in [-0.2, 0) is 18.1 Å². The summed E-state index contributed by atoms with van der Waals surface area (Å²) < 4.78 is 51.7. The van der Waals surface area contributed by atoms with Gasteiger partial charge in [-0.3, -0.25) is 0 Å². The fourth-order valence-electron chi connectivity index (χ4n) is 2.71. The van der Waals surface area contributed by atoms with E-state index in [0.717, 1.165) is 23.3 Å². The molecule has 27 heavy (non-hydrogen) atoms. The van der Waals surface area contributed by atoms with Crippen molar-refractivity contribution in [2.75, 3.05) is 5.32 Å². The molecule has 0 radical (unpaired) electrons. The molecule has 0 spiro atoms. The van der Waals surface area contributed by atoms with Crippen molar-refractivity contribution in [3.8, 4) is 0 Å². The molecule has 0 saturated heterocycles. The van der Waals surface area contributed by atoms with Gasteiger partial charge in [0, 0.05) is 12.2 Å². The Labute approximate surface area is 155 Å². The summed E-state index contributed by atoms with van der Waals surface area (Å²) in [4.78, 5) is 12.2. The average molecular weight is 382 g/mol. The first-order valence-electron chi connectivity index (χ1n) is 8.39. The zero-order valence-electron chi connectivity index (χ0n) is 15.6. The van der Waals surface area contributed by atoms with Crippen molar-refractivity contribution in [3.63, 3.8) is 0 Å². The molecule has 7 heteroatoms. The van der Waals surface area contributed by atoms with E-state index < -0.39 is 23.6 Å². The third kappa shape index (κ3) is 5.45. The Bertz CT molecular complexity index is 839. The molecular weight excluding hydrogens is 360 g/mol. The smallest absolute Gasteiger partial charge is 0.334 e. The van der Waals surface area contributed by atoms with Crippen LogP contribution in [0.4, 0.5) is 28.0 Å². The van der Waals surface area contributed by atoms with Crippen molar-refractivity contribution in [3.05, 3.63) is 64.5 Å². The lowest BCUT2D eigenvalue weighted by Gasteiger charge is -2.24. The predicted octanol–water partition coefficient (Wildman–Crippen LogP) is 5.77. The van der Waals surface area contributed by atoms with Gasteiger partial charge in [-0.25, -0.2) is 9.18 Å². The minimum Gasteiger partial charge on any atom is -0.334 e. The molecule has 0 aliphatic rings. The highest BCUT2D eigenvalue weighted by molar-refractivity contribution is 5.91. The minimum absolute atomic E-state index is 0.0262. The number of urea groups is 1. The molecule has 2 aromatic rings. The van der Waals surface area contributed by atoms with Crippen molar-refractivity contribution in [1.29, 1.82) is 0 Å². The lowest BCUT2D eigenvalue weighted by Crippen LogP contribution is -2.30. The molecule has 146 valence electrons. The van der Waals surface area contributed by atoms with E-state index in [1.165, 1.54) is 0 Å². The maximum atomic E-state index is 13.4. The van der Waals surface area contributed by atoms with Crippen LogP contribution >= 0.6 is 0 Å². The van der Waals surface area contributed by atoms with Crippen LogP contribution in [-0.4, -0.2) is 6.03 Å². The lowest BCUT2D eigenvalue weighted by atomic mass is 9.84. The van der Waals surface area contributed by atoms with Crippen LogP contribution in [0.25, 0.3) is 0 Å². The molecule has 0 aromatic heterocycles. The second kappa shape index (κ2) is 7.58. The third-order valence-electron chi connectivity index (χ3n) is 4.06. The molecule has 0 unspecified atom stereocenters. The van der Waals surface area contributed by atoms with Crippen LogP contribution < -0.4 is 10.6 Å². The number of para-hydroxylation sites is 1. The first kappa shape index (κ1) is 20.7. The first-order valence-corrected chi connectivity index (χ1v) is 8.39. The highest BCUT2D eigenvalue weighted by Gasteiger charge is 2.31. The Kier molecular flexibility index (Phi) is 5.82. The summed E-state index contributed by atoms with van der Waals surface area (Å²) in [6, 6.07) is 7.28. The monoisotopic (exact) mass is 382 g/mol.